The molecule has 0 radical (unpaired) electrons. The van der Waals surface area contributed by atoms with Crippen LogP contribution in [0.2, 0.25) is 0 Å². The summed E-state index contributed by atoms with van der Waals surface area (Å²) >= 11 is 0. The number of anilines is 2. The summed E-state index contributed by atoms with van der Waals surface area (Å²) in [5.41, 5.74) is 6.86. The lowest BCUT2D eigenvalue weighted by Gasteiger charge is -2.15. The molecule has 1 rings (SSSR count). The molecule has 1 aromatic carbocycles. The number of carbonyl (C=O) groups excluding carboxylic acids is 1. The molecule has 0 saturated carbocycles. The van der Waals surface area contributed by atoms with Crippen LogP contribution in [-0.2, 0) is 9.53 Å². The van der Waals surface area contributed by atoms with E-state index in [0.29, 0.717) is 29.6 Å². The summed E-state index contributed by atoms with van der Waals surface area (Å²) in [5.74, 6) is 0.995. The summed E-state index contributed by atoms with van der Waals surface area (Å²) in [5, 5.41) is 2.79. The van der Waals surface area contributed by atoms with Crippen LogP contribution in [-0.4, -0.2) is 25.7 Å². The quantitative estimate of drug-likeness (QED) is 0.571. The zero-order chi connectivity index (χ0) is 15.8. The van der Waals surface area contributed by atoms with Gasteiger partial charge in [-0.05, 0) is 37.8 Å². The zero-order valence-electron chi connectivity index (χ0n) is 13.3. The molecule has 0 spiro atoms. The van der Waals surface area contributed by atoms with E-state index in [9.17, 15) is 4.79 Å². The van der Waals surface area contributed by atoms with Crippen molar-refractivity contribution in [1.29, 1.82) is 0 Å². The second-order valence-electron chi connectivity index (χ2n) is 5.50. The monoisotopic (exact) mass is 294 g/mol. The third-order valence-corrected chi connectivity index (χ3v) is 3.15. The van der Waals surface area contributed by atoms with E-state index in [0.717, 1.165) is 12.8 Å². The first-order valence-electron chi connectivity index (χ1n) is 7.30. The van der Waals surface area contributed by atoms with E-state index in [2.05, 4.69) is 19.2 Å². The molecule has 0 fully saturated rings. The van der Waals surface area contributed by atoms with Crippen LogP contribution in [0.25, 0.3) is 0 Å². The van der Waals surface area contributed by atoms with Crippen LogP contribution in [0.15, 0.2) is 18.2 Å². The van der Waals surface area contributed by atoms with Gasteiger partial charge in [-0.3, -0.25) is 4.79 Å². The third kappa shape index (κ3) is 6.04. The van der Waals surface area contributed by atoms with Crippen LogP contribution in [0, 0.1) is 5.92 Å². The summed E-state index contributed by atoms with van der Waals surface area (Å²) in [6, 6.07) is 5.10. The number of ether oxygens (including phenoxy) is 2. The lowest BCUT2D eigenvalue weighted by atomic mass is 10.1. The molecule has 3 N–H and O–H groups in total. The van der Waals surface area contributed by atoms with E-state index >= 15 is 0 Å². The number of hydrogen-bond acceptors (Lipinski definition) is 4. The highest BCUT2D eigenvalue weighted by Crippen LogP contribution is 2.26. The topological polar surface area (TPSA) is 73.6 Å². The number of methoxy groups -OCH3 is 1. The third-order valence-electron chi connectivity index (χ3n) is 3.15. The molecule has 0 saturated heterocycles. The van der Waals surface area contributed by atoms with Crippen molar-refractivity contribution >= 4 is 17.3 Å². The van der Waals surface area contributed by atoms with Crippen LogP contribution in [0.4, 0.5) is 11.4 Å². The van der Waals surface area contributed by atoms with Gasteiger partial charge in [0, 0.05) is 18.4 Å². The molecule has 1 unspecified atom stereocenters. The Labute approximate surface area is 126 Å². The molecule has 0 aromatic heterocycles. The number of nitrogen functional groups attached to an aromatic ring is 1. The van der Waals surface area contributed by atoms with Crippen molar-refractivity contribution < 1.29 is 14.3 Å². The number of hydrogen-bond donors (Lipinski definition) is 2. The number of nitrogens with one attached hydrogen (secondary N) is 1. The van der Waals surface area contributed by atoms with E-state index in [1.807, 2.05) is 0 Å². The van der Waals surface area contributed by atoms with Crippen molar-refractivity contribution in [1.82, 2.24) is 0 Å². The van der Waals surface area contributed by atoms with E-state index in [1.165, 1.54) is 7.11 Å². The van der Waals surface area contributed by atoms with E-state index < -0.39 is 6.10 Å². The summed E-state index contributed by atoms with van der Waals surface area (Å²) in [7, 11) is 1.54. The maximum absolute atomic E-state index is 12.1. The first-order chi connectivity index (χ1) is 9.93. The molecule has 0 aliphatic rings. The van der Waals surface area contributed by atoms with Crippen LogP contribution in [0.5, 0.6) is 5.75 Å². The Morgan fingerprint density at radius 1 is 1.33 bits per heavy atom. The predicted octanol–water partition coefficient (Wildman–Crippen LogP) is 3.06. The van der Waals surface area contributed by atoms with Gasteiger partial charge in [0.05, 0.1) is 12.8 Å². The molecule has 1 atom stereocenters. The average molecular weight is 294 g/mol. The van der Waals surface area contributed by atoms with Crippen molar-refractivity contribution in [3.8, 4) is 5.75 Å². The Hall–Kier alpha value is -1.75. The van der Waals surface area contributed by atoms with E-state index in [1.54, 1.807) is 25.1 Å². The second kappa shape index (κ2) is 8.52. The molecule has 0 heterocycles. The fraction of sp³-hybridized carbons (Fsp3) is 0.562. The smallest absolute Gasteiger partial charge is 0.253 e. The second-order valence-corrected chi connectivity index (χ2v) is 5.50. The molecular weight excluding hydrogens is 268 g/mol. The lowest BCUT2D eigenvalue weighted by molar-refractivity contribution is -0.126. The highest BCUT2D eigenvalue weighted by Gasteiger charge is 2.15. The Morgan fingerprint density at radius 2 is 2.05 bits per heavy atom. The molecule has 21 heavy (non-hydrogen) atoms. The van der Waals surface area contributed by atoms with Crippen molar-refractivity contribution in [3.05, 3.63) is 18.2 Å². The lowest BCUT2D eigenvalue weighted by Crippen LogP contribution is -2.28. The van der Waals surface area contributed by atoms with Gasteiger partial charge in [-0.1, -0.05) is 13.8 Å². The minimum atomic E-state index is -0.501. The molecule has 1 aromatic rings. The molecule has 0 bridgehead atoms. The molecule has 118 valence electrons. The molecule has 0 aliphatic heterocycles. The Bertz CT molecular complexity index is 461. The van der Waals surface area contributed by atoms with Gasteiger partial charge in [0.2, 0.25) is 0 Å². The van der Waals surface area contributed by atoms with Crippen LogP contribution < -0.4 is 15.8 Å². The molecule has 5 heteroatoms. The van der Waals surface area contributed by atoms with Crippen molar-refractivity contribution in [2.75, 3.05) is 24.8 Å². The van der Waals surface area contributed by atoms with Crippen LogP contribution in [0.1, 0.15) is 33.6 Å². The first-order valence-corrected chi connectivity index (χ1v) is 7.30. The summed E-state index contributed by atoms with van der Waals surface area (Å²) in [6.45, 7) is 6.67. The Morgan fingerprint density at radius 3 is 2.67 bits per heavy atom. The highest BCUT2D eigenvalue weighted by atomic mass is 16.5. The zero-order valence-corrected chi connectivity index (χ0v) is 13.3. The van der Waals surface area contributed by atoms with Gasteiger partial charge in [-0.25, -0.2) is 0 Å². The van der Waals surface area contributed by atoms with Gasteiger partial charge < -0.3 is 20.5 Å². The Kier molecular flexibility index (Phi) is 7.02. The van der Waals surface area contributed by atoms with E-state index in [4.69, 9.17) is 15.2 Å². The fourth-order valence-electron chi connectivity index (χ4n) is 1.87. The number of benzene rings is 1. The van der Waals surface area contributed by atoms with Gasteiger partial charge in [0.15, 0.2) is 0 Å². The van der Waals surface area contributed by atoms with Crippen LogP contribution in [0.3, 0.4) is 0 Å². The van der Waals surface area contributed by atoms with Gasteiger partial charge in [-0.15, -0.1) is 0 Å². The van der Waals surface area contributed by atoms with Gasteiger partial charge in [-0.2, -0.15) is 0 Å². The SMILES string of the molecule is COc1cc(N)ccc1NC(=O)C(C)OCCCC(C)C. The average Bonchev–Trinajstić information content (AvgIpc) is 2.44. The predicted molar refractivity (Wildman–Crippen MR) is 85.5 cm³/mol. The number of rotatable bonds is 8. The molecule has 5 nitrogen and oxygen atoms in total. The normalized spacial score (nSPS) is 12.2. The minimum Gasteiger partial charge on any atom is -0.494 e. The van der Waals surface area contributed by atoms with Crippen molar-refractivity contribution in [2.45, 2.75) is 39.7 Å². The van der Waals surface area contributed by atoms with Gasteiger partial charge in [0.25, 0.3) is 5.91 Å². The number of amides is 1. The first kappa shape index (κ1) is 17.3. The van der Waals surface area contributed by atoms with Gasteiger partial charge >= 0.3 is 0 Å². The van der Waals surface area contributed by atoms with E-state index in [-0.39, 0.29) is 5.91 Å². The Balaban J connectivity index is 2.48. The largest absolute Gasteiger partial charge is 0.494 e. The van der Waals surface area contributed by atoms with Gasteiger partial charge in [0.1, 0.15) is 11.9 Å². The fourth-order valence-corrected chi connectivity index (χ4v) is 1.87. The molecule has 1 amide bonds. The number of nitrogens with two attached hydrogens (primary N) is 1. The minimum absolute atomic E-state index is 0.192. The van der Waals surface area contributed by atoms with Crippen LogP contribution >= 0.6 is 0 Å². The number of carbonyl (C=O) groups is 1. The summed E-state index contributed by atoms with van der Waals surface area (Å²) in [4.78, 5) is 12.1. The maximum Gasteiger partial charge on any atom is 0.253 e. The molecular formula is C16H26N2O3. The standard InChI is InChI=1S/C16H26N2O3/c1-11(2)6-5-9-21-12(3)16(19)18-14-8-7-13(17)10-15(14)20-4/h7-8,10-12H,5-6,9,17H2,1-4H3,(H,18,19). The summed E-state index contributed by atoms with van der Waals surface area (Å²) < 4.78 is 10.7. The molecule has 0 aliphatic carbocycles. The highest BCUT2D eigenvalue weighted by molar-refractivity contribution is 5.95. The maximum atomic E-state index is 12.1. The summed E-state index contributed by atoms with van der Waals surface area (Å²) in [6.07, 6.45) is 1.56. The van der Waals surface area contributed by atoms with Crippen molar-refractivity contribution in [2.24, 2.45) is 5.92 Å². The van der Waals surface area contributed by atoms with Crippen molar-refractivity contribution in [3.63, 3.8) is 0 Å².